The van der Waals surface area contributed by atoms with Gasteiger partial charge in [-0.3, -0.25) is 4.79 Å². The standard InChI is InChI=1S/C20H24N2O3/c1-14-17(12-21-25-14)20(23)22-10-9-19(24-13-16-7-8-16)18(22)11-15-5-3-2-4-6-15/h2-6,12,16,18-19H,7-11,13H2,1H3/t18-,19-/m0/s1. The fourth-order valence-electron chi connectivity index (χ4n) is 3.57. The number of carbonyl (C=O) groups excluding carboxylic acids is 1. The third-order valence-corrected chi connectivity index (χ3v) is 5.26. The topological polar surface area (TPSA) is 55.6 Å². The first-order valence-corrected chi connectivity index (χ1v) is 9.10. The number of likely N-dealkylation sites (tertiary alicyclic amines) is 1. The third-order valence-electron chi connectivity index (χ3n) is 5.26. The van der Waals surface area contributed by atoms with Crippen LogP contribution in [0.3, 0.4) is 0 Å². The van der Waals surface area contributed by atoms with Gasteiger partial charge >= 0.3 is 0 Å². The Bertz CT molecular complexity index is 724. The molecule has 1 aliphatic carbocycles. The molecule has 2 aromatic rings. The van der Waals surface area contributed by atoms with E-state index >= 15 is 0 Å². The van der Waals surface area contributed by atoms with E-state index in [1.165, 1.54) is 24.6 Å². The Morgan fingerprint density at radius 3 is 2.76 bits per heavy atom. The number of rotatable bonds is 6. The highest BCUT2D eigenvalue weighted by Crippen LogP contribution is 2.32. The molecule has 2 heterocycles. The van der Waals surface area contributed by atoms with E-state index in [2.05, 4.69) is 17.3 Å². The number of ether oxygens (including phenoxy) is 1. The lowest BCUT2D eigenvalue weighted by Gasteiger charge is -2.28. The summed E-state index contributed by atoms with van der Waals surface area (Å²) in [6, 6.07) is 10.4. The van der Waals surface area contributed by atoms with Crippen LogP contribution in [-0.2, 0) is 11.2 Å². The summed E-state index contributed by atoms with van der Waals surface area (Å²) in [6.07, 6.45) is 5.88. The molecular formula is C20H24N2O3. The first kappa shape index (κ1) is 16.3. The monoisotopic (exact) mass is 340 g/mol. The van der Waals surface area contributed by atoms with Gasteiger partial charge in [-0.2, -0.15) is 0 Å². The van der Waals surface area contributed by atoms with Crippen molar-refractivity contribution in [1.29, 1.82) is 0 Å². The minimum absolute atomic E-state index is 0.00259. The van der Waals surface area contributed by atoms with Gasteiger partial charge in [0.25, 0.3) is 5.91 Å². The number of amides is 1. The number of hydrogen-bond acceptors (Lipinski definition) is 4. The van der Waals surface area contributed by atoms with Gasteiger partial charge in [-0.05, 0) is 44.1 Å². The Hall–Kier alpha value is -2.14. The zero-order chi connectivity index (χ0) is 17.2. The van der Waals surface area contributed by atoms with Crippen molar-refractivity contribution >= 4 is 5.91 Å². The van der Waals surface area contributed by atoms with Crippen molar-refractivity contribution in [3.05, 3.63) is 53.4 Å². The molecule has 5 heteroatoms. The van der Waals surface area contributed by atoms with Gasteiger partial charge in [0, 0.05) is 13.2 Å². The minimum Gasteiger partial charge on any atom is -0.376 e. The zero-order valence-corrected chi connectivity index (χ0v) is 14.6. The molecule has 0 bridgehead atoms. The maximum absolute atomic E-state index is 13.0. The van der Waals surface area contributed by atoms with Gasteiger partial charge < -0.3 is 14.2 Å². The van der Waals surface area contributed by atoms with Gasteiger partial charge in [-0.1, -0.05) is 35.5 Å². The van der Waals surface area contributed by atoms with Crippen LogP contribution in [0.5, 0.6) is 0 Å². The molecule has 0 radical (unpaired) electrons. The molecule has 1 amide bonds. The van der Waals surface area contributed by atoms with E-state index in [4.69, 9.17) is 9.26 Å². The van der Waals surface area contributed by atoms with E-state index in [-0.39, 0.29) is 18.1 Å². The maximum Gasteiger partial charge on any atom is 0.259 e. The van der Waals surface area contributed by atoms with Gasteiger partial charge in [0.15, 0.2) is 0 Å². The molecule has 1 aliphatic heterocycles. The molecule has 4 rings (SSSR count). The van der Waals surface area contributed by atoms with Crippen LogP contribution in [0.1, 0.15) is 40.9 Å². The van der Waals surface area contributed by atoms with E-state index in [0.717, 1.165) is 31.9 Å². The first-order chi connectivity index (χ1) is 12.2. The van der Waals surface area contributed by atoms with Crippen molar-refractivity contribution in [3.8, 4) is 0 Å². The Kier molecular flexibility index (Phi) is 4.57. The summed E-state index contributed by atoms with van der Waals surface area (Å²) in [5.41, 5.74) is 1.79. The summed E-state index contributed by atoms with van der Waals surface area (Å²) in [5, 5.41) is 3.76. The highest BCUT2D eigenvalue weighted by molar-refractivity contribution is 5.95. The second-order valence-corrected chi connectivity index (χ2v) is 7.16. The van der Waals surface area contributed by atoms with E-state index < -0.39 is 0 Å². The lowest BCUT2D eigenvalue weighted by Crippen LogP contribution is -2.42. The van der Waals surface area contributed by atoms with Crippen LogP contribution < -0.4 is 0 Å². The molecule has 0 N–H and O–H groups in total. The summed E-state index contributed by atoms with van der Waals surface area (Å²) in [5.74, 6) is 1.30. The fourth-order valence-corrected chi connectivity index (χ4v) is 3.57. The maximum atomic E-state index is 13.0. The van der Waals surface area contributed by atoms with Crippen LogP contribution >= 0.6 is 0 Å². The van der Waals surface area contributed by atoms with Crippen LogP contribution in [0, 0.1) is 12.8 Å². The van der Waals surface area contributed by atoms with Crippen LogP contribution in [0.4, 0.5) is 0 Å². The van der Waals surface area contributed by atoms with Crippen LogP contribution in [0.2, 0.25) is 0 Å². The van der Waals surface area contributed by atoms with Crippen molar-refractivity contribution in [3.63, 3.8) is 0 Å². The fraction of sp³-hybridized carbons (Fsp3) is 0.500. The minimum atomic E-state index is -0.00259. The summed E-state index contributed by atoms with van der Waals surface area (Å²) in [7, 11) is 0. The number of aryl methyl sites for hydroxylation is 1. The predicted molar refractivity (Wildman–Crippen MR) is 93.3 cm³/mol. The second-order valence-electron chi connectivity index (χ2n) is 7.16. The summed E-state index contributed by atoms with van der Waals surface area (Å²) < 4.78 is 11.3. The number of benzene rings is 1. The molecule has 0 spiro atoms. The van der Waals surface area contributed by atoms with E-state index in [9.17, 15) is 4.79 Å². The smallest absolute Gasteiger partial charge is 0.259 e. The first-order valence-electron chi connectivity index (χ1n) is 9.10. The largest absolute Gasteiger partial charge is 0.376 e. The lowest BCUT2D eigenvalue weighted by atomic mass is 10.0. The van der Waals surface area contributed by atoms with Crippen molar-refractivity contribution < 1.29 is 14.1 Å². The summed E-state index contributed by atoms with van der Waals surface area (Å²) >= 11 is 0. The van der Waals surface area contributed by atoms with Crippen molar-refractivity contribution in [2.45, 2.75) is 44.8 Å². The summed E-state index contributed by atoms with van der Waals surface area (Å²) in [6.45, 7) is 3.32. The third kappa shape index (κ3) is 3.61. The van der Waals surface area contributed by atoms with Gasteiger partial charge in [-0.15, -0.1) is 0 Å². The highest BCUT2D eigenvalue weighted by Gasteiger charge is 2.39. The normalized spacial score (nSPS) is 23.2. The summed E-state index contributed by atoms with van der Waals surface area (Å²) in [4.78, 5) is 14.9. The zero-order valence-electron chi connectivity index (χ0n) is 14.6. The van der Waals surface area contributed by atoms with Gasteiger partial charge in [0.1, 0.15) is 11.3 Å². The van der Waals surface area contributed by atoms with Crippen LogP contribution in [0.15, 0.2) is 41.1 Å². The molecule has 1 aromatic carbocycles. The Morgan fingerprint density at radius 2 is 2.08 bits per heavy atom. The molecule has 132 valence electrons. The average molecular weight is 340 g/mol. The highest BCUT2D eigenvalue weighted by atomic mass is 16.5. The molecular weight excluding hydrogens is 316 g/mol. The van der Waals surface area contributed by atoms with E-state index in [1.54, 1.807) is 6.92 Å². The molecule has 1 saturated carbocycles. The number of carbonyl (C=O) groups is 1. The van der Waals surface area contributed by atoms with E-state index in [0.29, 0.717) is 11.3 Å². The van der Waals surface area contributed by atoms with Crippen LogP contribution in [0.25, 0.3) is 0 Å². The molecule has 5 nitrogen and oxygen atoms in total. The lowest BCUT2D eigenvalue weighted by molar-refractivity contribution is 0.0199. The number of hydrogen-bond donors (Lipinski definition) is 0. The Morgan fingerprint density at radius 1 is 1.28 bits per heavy atom. The predicted octanol–water partition coefficient (Wildman–Crippen LogP) is 3.24. The quantitative estimate of drug-likeness (QED) is 0.810. The van der Waals surface area contributed by atoms with Gasteiger partial charge in [0.2, 0.25) is 0 Å². The van der Waals surface area contributed by atoms with Crippen LogP contribution in [-0.4, -0.2) is 41.3 Å². The Balaban J connectivity index is 1.53. The molecule has 1 aromatic heterocycles. The molecule has 25 heavy (non-hydrogen) atoms. The SMILES string of the molecule is Cc1oncc1C(=O)N1CC[C@H](OCC2CC2)[C@@H]1Cc1ccccc1. The molecule has 0 unspecified atom stereocenters. The van der Waals surface area contributed by atoms with Crippen molar-refractivity contribution in [1.82, 2.24) is 10.1 Å². The number of aromatic nitrogens is 1. The molecule has 2 aliphatic rings. The number of nitrogens with zero attached hydrogens (tertiary/aromatic N) is 2. The average Bonchev–Trinajstić information content (AvgIpc) is 3.23. The van der Waals surface area contributed by atoms with Gasteiger partial charge in [0.05, 0.1) is 18.3 Å². The molecule has 2 atom stereocenters. The molecule has 2 fully saturated rings. The second kappa shape index (κ2) is 7.00. The van der Waals surface area contributed by atoms with Crippen molar-refractivity contribution in [2.24, 2.45) is 5.92 Å². The van der Waals surface area contributed by atoms with Crippen molar-refractivity contribution in [2.75, 3.05) is 13.2 Å². The van der Waals surface area contributed by atoms with E-state index in [1.807, 2.05) is 23.1 Å². The Labute approximate surface area is 147 Å². The van der Waals surface area contributed by atoms with Gasteiger partial charge in [-0.25, -0.2) is 0 Å². The molecule has 1 saturated heterocycles.